The number of aliphatic imine (C=N–C) groups is 1. The molecule has 0 unspecified atom stereocenters. The Balaban J connectivity index is 1.72. The van der Waals surface area contributed by atoms with E-state index in [0.29, 0.717) is 17.6 Å². The Labute approximate surface area is 139 Å². The number of anilines is 2. The molecule has 118 valence electrons. The molecule has 0 spiro atoms. The number of thioether (sulfide) groups is 1. The number of amidine groups is 1. The topological polar surface area (TPSA) is 53.9 Å². The monoisotopic (exact) mass is 327 g/mol. The van der Waals surface area contributed by atoms with Crippen LogP contribution in [0.2, 0.25) is 0 Å². The molecule has 1 N–H and O–H groups in total. The van der Waals surface area contributed by atoms with E-state index in [0.717, 1.165) is 17.1 Å². The van der Waals surface area contributed by atoms with Gasteiger partial charge in [0.2, 0.25) is 5.91 Å². The molecular formula is C17H17N3O2S. The van der Waals surface area contributed by atoms with Crippen molar-refractivity contribution in [2.24, 2.45) is 4.99 Å². The van der Waals surface area contributed by atoms with Crippen LogP contribution in [0.3, 0.4) is 0 Å². The Morgan fingerprint density at radius 3 is 2.61 bits per heavy atom. The van der Waals surface area contributed by atoms with Crippen molar-refractivity contribution >= 4 is 34.2 Å². The summed E-state index contributed by atoms with van der Waals surface area (Å²) in [6.45, 7) is 0.423. The third-order valence-corrected chi connectivity index (χ3v) is 4.33. The highest BCUT2D eigenvalue weighted by atomic mass is 32.2. The highest BCUT2D eigenvalue weighted by Gasteiger charge is 2.29. The van der Waals surface area contributed by atoms with Gasteiger partial charge in [-0.05, 0) is 36.4 Å². The molecule has 0 radical (unpaired) electrons. The quantitative estimate of drug-likeness (QED) is 0.916. The standard InChI is InChI=1S/C17H17N3O2S/c1-22-15-9-7-14(8-10-15)20-16(21)11-23-17(20)19-12-18-13-5-3-2-4-6-13/h2-10,18H,11-12H2,1H3. The summed E-state index contributed by atoms with van der Waals surface area (Å²) in [5, 5.41) is 3.93. The fourth-order valence-corrected chi connectivity index (χ4v) is 3.09. The molecule has 0 saturated carbocycles. The second kappa shape index (κ2) is 7.19. The van der Waals surface area contributed by atoms with Crippen molar-refractivity contribution in [3.63, 3.8) is 0 Å². The number of benzene rings is 2. The van der Waals surface area contributed by atoms with Crippen molar-refractivity contribution in [3.8, 4) is 5.75 Å². The Morgan fingerprint density at radius 1 is 1.17 bits per heavy atom. The number of hydrogen-bond acceptors (Lipinski definition) is 5. The van der Waals surface area contributed by atoms with Crippen LogP contribution >= 0.6 is 11.8 Å². The van der Waals surface area contributed by atoms with Crippen molar-refractivity contribution in [1.29, 1.82) is 0 Å². The molecule has 1 heterocycles. The Kier molecular flexibility index (Phi) is 4.83. The molecule has 0 aromatic heterocycles. The second-order valence-electron chi connectivity index (χ2n) is 4.86. The molecule has 5 nitrogen and oxygen atoms in total. The highest BCUT2D eigenvalue weighted by Crippen LogP contribution is 2.28. The van der Waals surface area contributed by atoms with Crippen molar-refractivity contribution in [1.82, 2.24) is 0 Å². The number of rotatable bonds is 5. The lowest BCUT2D eigenvalue weighted by atomic mass is 10.3. The minimum atomic E-state index is 0.0404. The molecule has 1 saturated heterocycles. The van der Waals surface area contributed by atoms with Gasteiger partial charge in [-0.25, -0.2) is 4.99 Å². The zero-order valence-electron chi connectivity index (χ0n) is 12.7. The van der Waals surface area contributed by atoms with Crippen LogP contribution in [0.4, 0.5) is 11.4 Å². The predicted octanol–water partition coefficient (Wildman–Crippen LogP) is 3.20. The summed E-state index contributed by atoms with van der Waals surface area (Å²) < 4.78 is 5.15. The van der Waals surface area contributed by atoms with Crippen molar-refractivity contribution in [3.05, 3.63) is 54.6 Å². The van der Waals surface area contributed by atoms with Gasteiger partial charge in [0.1, 0.15) is 12.4 Å². The van der Waals surface area contributed by atoms with E-state index in [4.69, 9.17) is 4.74 Å². The fraction of sp³-hybridized carbons (Fsp3) is 0.176. The Bertz CT molecular complexity index is 702. The summed E-state index contributed by atoms with van der Waals surface area (Å²) in [6, 6.07) is 17.3. The van der Waals surface area contributed by atoms with Crippen LogP contribution in [0.5, 0.6) is 5.75 Å². The average Bonchev–Trinajstić information content (AvgIpc) is 2.97. The van der Waals surface area contributed by atoms with Gasteiger partial charge < -0.3 is 10.1 Å². The summed E-state index contributed by atoms with van der Waals surface area (Å²) in [5.41, 5.74) is 1.81. The summed E-state index contributed by atoms with van der Waals surface area (Å²) in [6.07, 6.45) is 0. The van der Waals surface area contributed by atoms with Crippen LogP contribution < -0.4 is 15.0 Å². The van der Waals surface area contributed by atoms with E-state index in [-0.39, 0.29) is 5.91 Å². The van der Waals surface area contributed by atoms with Gasteiger partial charge in [-0.15, -0.1) is 0 Å². The second-order valence-corrected chi connectivity index (χ2v) is 5.80. The molecule has 6 heteroatoms. The smallest absolute Gasteiger partial charge is 0.243 e. The average molecular weight is 327 g/mol. The molecule has 3 rings (SSSR count). The van der Waals surface area contributed by atoms with Crippen molar-refractivity contribution in [2.45, 2.75) is 0 Å². The van der Waals surface area contributed by atoms with Gasteiger partial charge in [-0.1, -0.05) is 30.0 Å². The fourth-order valence-electron chi connectivity index (χ4n) is 2.22. The summed E-state index contributed by atoms with van der Waals surface area (Å²) in [4.78, 5) is 18.3. The first-order valence-electron chi connectivity index (χ1n) is 7.21. The third kappa shape index (κ3) is 3.65. The van der Waals surface area contributed by atoms with E-state index in [9.17, 15) is 4.79 Å². The van der Waals surface area contributed by atoms with Crippen molar-refractivity contribution in [2.75, 3.05) is 29.7 Å². The first kappa shape index (κ1) is 15.4. The van der Waals surface area contributed by atoms with Crippen LogP contribution in [0.1, 0.15) is 0 Å². The normalized spacial score (nSPS) is 16.0. The van der Waals surface area contributed by atoms with Gasteiger partial charge in [0.15, 0.2) is 5.17 Å². The minimum absolute atomic E-state index is 0.0404. The van der Waals surface area contributed by atoms with E-state index >= 15 is 0 Å². The third-order valence-electron chi connectivity index (χ3n) is 3.37. The maximum atomic E-state index is 12.1. The zero-order valence-corrected chi connectivity index (χ0v) is 13.5. The lowest BCUT2D eigenvalue weighted by Crippen LogP contribution is -2.29. The van der Waals surface area contributed by atoms with E-state index in [2.05, 4.69) is 10.3 Å². The number of nitrogens with zero attached hydrogens (tertiary/aromatic N) is 2. The maximum absolute atomic E-state index is 12.1. The highest BCUT2D eigenvalue weighted by molar-refractivity contribution is 8.15. The van der Waals surface area contributed by atoms with Crippen LogP contribution in [0.15, 0.2) is 59.6 Å². The van der Waals surface area contributed by atoms with E-state index in [1.165, 1.54) is 11.8 Å². The number of ether oxygens (including phenoxy) is 1. The maximum Gasteiger partial charge on any atom is 0.243 e. The van der Waals surface area contributed by atoms with Gasteiger partial charge in [0.05, 0.1) is 18.6 Å². The summed E-state index contributed by atoms with van der Waals surface area (Å²) in [7, 11) is 1.62. The molecular weight excluding hydrogens is 310 g/mol. The summed E-state index contributed by atoms with van der Waals surface area (Å²) >= 11 is 1.45. The molecule has 1 amide bonds. The molecule has 1 aliphatic heterocycles. The minimum Gasteiger partial charge on any atom is -0.497 e. The van der Waals surface area contributed by atoms with Gasteiger partial charge in [-0.3, -0.25) is 9.69 Å². The molecule has 23 heavy (non-hydrogen) atoms. The first-order valence-corrected chi connectivity index (χ1v) is 8.19. The van der Waals surface area contributed by atoms with Crippen LogP contribution in [-0.2, 0) is 4.79 Å². The Morgan fingerprint density at radius 2 is 1.91 bits per heavy atom. The number of carbonyl (C=O) groups is 1. The molecule has 0 atom stereocenters. The Hall–Kier alpha value is -2.47. The number of carbonyl (C=O) groups excluding carboxylic acids is 1. The van der Waals surface area contributed by atoms with Crippen LogP contribution in [0, 0.1) is 0 Å². The molecule has 0 aliphatic carbocycles. The predicted molar refractivity (Wildman–Crippen MR) is 95.3 cm³/mol. The first-order chi connectivity index (χ1) is 11.3. The molecule has 0 bridgehead atoms. The van der Waals surface area contributed by atoms with E-state index in [1.807, 2.05) is 54.6 Å². The number of para-hydroxylation sites is 1. The lowest BCUT2D eigenvalue weighted by molar-refractivity contribution is -0.115. The molecule has 2 aromatic rings. The van der Waals surface area contributed by atoms with Crippen LogP contribution in [0.25, 0.3) is 0 Å². The molecule has 2 aromatic carbocycles. The molecule has 1 aliphatic rings. The van der Waals surface area contributed by atoms with Gasteiger partial charge in [0, 0.05) is 5.69 Å². The number of amides is 1. The number of hydrogen-bond donors (Lipinski definition) is 1. The van der Waals surface area contributed by atoms with E-state index < -0.39 is 0 Å². The number of nitrogens with one attached hydrogen (secondary N) is 1. The SMILES string of the molecule is COc1ccc(N2C(=O)CSC2=NCNc2ccccc2)cc1. The lowest BCUT2D eigenvalue weighted by Gasteiger charge is -2.16. The van der Waals surface area contributed by atoms with Gasteiger partial charge in [0.25, 0.3) is 0 Å². The largest absolute Gasteiger partial charge is 0.497 e. The van der Waals surface area contributed by atoms with Gasteiger partial charge >= 0.3 is 0 Å². The van der Waals surface area contributed by atoms with Gasteiger partial charge in [-0.2, -0.15) is 0 Å². The van der Waals surface area contributed by atoms with E-state index in [1.54, 1.807) is 12.0 Å². The number of methoxy groups -OCH3 is 1. The zero-order chi connectivity index (χ0) is 16.1. The van der Waals surface area contributed by atoms with Crippen LogP contribution in [-0.4, -0.2) is 30.6 Å². The molecule has 1 fully saturated rings. The summed E-state index contributed by atoms with van der Waals surface area (Å²) in [5.74, 6) is 1.21. The van der Waals surface area contributed by atoms with Crippen molar-refractivity contribution < 1.29 is 9.53 Å².